The van der Waals surface area contributed by atoms with Crippen LogP contribution in [0.1, 0.15) is 57.1 Å². The number of fused-ring (bicyclic) bond motifs is 8. The molecule has 280 valence electrons. The average molecular weight is 751 g/mol. The summed E-state index contributed by atoms with van der Waals surface area (Å²) in [5.41, 5.74) is 8.84. The van der Waals surface area contributed by atoms with Crippen LogP contribution in [0, 0.1) is 29.1 Å². The van der Waals surface area contributed by atoms with Gasteiger partial charge in [-0.25, -0.2) is 15.0 Å². The predicted molar refractivity (Wildman–Crippen MR) is 235 cm³/mol. The quantitative estimate of drug-likeness (QED) is 0.164. The highest BCUT2D eigenvalue weighted by Crippen LogP contribution is 2.54. The van der Waals surface area contributed by atoms with E-state index in [1.165, 1.54) is 37.7 Å². The van der Waals surface area contributed by atoms with Gasteiger partial charge in [0.25, 0.3) is 0 Å². The zero-order valence-electron chi connectivity index (χ0n) is 32.7. The lowest BCUT2D eigenvalue weighted by Gasteiger charge is -2.50. The molecule has 0 aliphatic heterocycles. The Balaban J connectivity index is 1.06. The van der Waals surface area contributed by atoms with E-state index in [1.807, 2.05) is 36.4 Å². The van der Waals surface area contributed by atoms with Crippen molar-refractivity contribution in [3.8, 4) is 51.4 Å². The third kappa shape index (κ3) is 5.78. The molecule has 4 atom stereocenters. The van der Waals surface area contributed by atoms with Crippen molar-refractivity contribution in [3.05, 3.63) is 151 Å². The Labute approximate surface area is 338 Å². The summed E-state index contributed by atoms with van der Waals surface area (Å²) in [6.45, 7) is 4.90. The van der Waals surface area contributed by atoms with Crippen molar-refractivity contribution in [2.24, 2.45) is 17.8 Å². The van der Waals surface area contributed by atoms with Crippen LogP contribution in [0.15, 0.2) is 144 Å². The van der Waals surface area contributed by atoms with Gasteiger partial charge in [-0.05, 0) is 124 Å². The van der Waals surface area contributed by atoms with Crippen LogP contribution in [0.3, 0.4) is 0 Å². The summed E-state index contributed by atoms with van der Waals surface area (Å²) in [6, 6.07) is 51.0. The van der Waals surface area contributed by atoms with Crippen LogP contribution < -0.4 is 0 Å². The number of nitrogens with zero attached hydrogens (tertiary/aromatic N) is 4. The molecule has 5 heteroatoms. The van der Waals surface area contributed by atoms with Crippen molar-refractivity contribution in [2.75, 3.05) is 0 Å². The Morgan fingerprint density at radius 3 is 2.03 bits per heavy atom. The minimum atomic E-state index is 0.247. The molecule has 2 saturated carbocycles. The maximum atomic E-state index is 9.65. The summed E-state index contributed by atoms with van der Waals surface area (Å²) in [7, 11) is 0. The van der Waals surface area contributed by atoms with Gasteiger partial charge in [-0.1, -0.05) is 123 Å². The van der Waals surface area contributed by atoms with Crippen LogP contribution in [0.5, 0.6) is 0 Å². The second-order valence-corrected chi connectivity index (χ2v) is 17.2. The zero-order chi connectivity index (χ0) is 39.0. The van der Waals surface area contributed by atoms with Gasteiger partial charge in [-0.3, -0.25) is 0 Å². The van der Waals surface area contributed by atoms with Crippen molar-refractivity contribution in [1.29, 1.82) is 5.26 Å². The van der Waals surface area contributed by atoms with Gasteiger partial charge in [0.1, 0.15) is 11.2 Å². The van der Waals surface area contributed by atoms with Gasteiger partial charge in [-0.15, -0.1) is 0 Å². The van der Waals surface area contributed by atoms with Gasteiger partial charge in [0.05, 0.1) is 17.2 Å². The molecule has 2 aliphatic rings. The van der Waals surface area contributed by atoms with Crippen LogP contribution in [0.2, 0.25) is 0 Å². The minimum Gasteiger partial charge on any atom is -0.455 e. The molecule has 2 unspecified atom stereocenters. The molecule has 0 spiro atoms. The highest BCUT2D eigenvalue weighted by molar-refractivity contribution is 6.12. The fourth-order valence-electron chi connectivity index (χ4n) is 10.9. The fraction of sp³-hybridized carbons (Fsp3) is 0.208. The topological polar surface area (TPSA) is 75.6 Å². The minimum absolute atomic E-state index is 0.247. The van der Waals surface area contributed by atoms with E-state index in [1.54, 1.807) is 0 Å². The Kier molecular flexibility index (Phi) is 8.05. The maximum absolute atomic E-state index is 9.65. The summed E-state index contributed by atoms with van der Waals surface area (Å²) in [5, 5.41) is 16.2. The molecule has 5 nitrogen and oxygen atoms in total. The van der Waals surface area contributed by atoms with Gasteiger partial charge in [0.15, 0.2) is 17.5 Å². The van der Waals surface area contributed by atoms with Crippen LogP contribution in [0.4, 0.5) is 0 Å². The molecule has 11 rings (SSSR count). The first kappa shape index (κ1) is 34.6. The van der Waals surface area contributed by atoms with Crippen molar-refractivity contribution in [2.45, 2.75) is 51.4 Å². The summed E-state index contributed by atoms with van der Waals surface area (Å²) < 4.78 is 6.51. The second-order valence-electron chi connectivity index (χ2n) is 17.2. The van der Waals surface area contributed by atoms with E-state index >= 15 is 0 Å². The molecule has 0 amide bonds. The van der Waals surface area contributed by atoms with Crippen molar-refractivity contribution in [3.63, 3.8) is 0 Å². The van der Waals surface area contributed by atoms with E-state index in [0.717, 1.165) is 89.1 Å². The predicted octanol–water partition coefficient (Wildman–Crippen LogP) is 13.7. The number of furan rings is 1. The van der Waals surface area contributed by atoms with Crippen molar-refractivity contribution in [1.82, 2.24) is 15.0 Å². The molecule has 2 aromatic heterocycles. The molecule has 2 heterocycles. The third-order valence-electron chi connectivity index (χ3n) is 13.1. The fourth-order valence-corrected chi connectivity index (χ4v) is 10.9. The summed E-state index contributed by atoms with van der Waals surface area (Å²) in [5.74, 6) is 4.14. The van der Waals surface area contributed by atoms with E-state index in [-0.39, 0.29) is 5.41 Å². The second kappa shape index (κ2) is 13.5. The Hall–Kier alpha value is -6.64. The molecule has 7 aromatic carbocycles. The van der Waals surface area contributed by atoms with Gasteiger partial charge < -0.3 is 4.42 Å². The van der Waals surface area contributed by atoms with Crippen LogP contribution in [-0.4, -0.2) is 15.0 Å². The summed E-state index contributed by atoms with van der Waals surface area (Å²) >= 11 is 0. The van der Waals surface area contributed by atoms with E-state index < -0.39 is 0 Å². The van der Waals surface area contributed by atoms with Crippen molar-refractivity contribution < 1.29 is 4.42 Å². The van der Waals surface area contributed by atoms with Crippen LogP contribution in [0.25, 0.3) is 88.8 Å². The maximum Gasteiger partial charge on any atom is 0.167 e. The molecule has 0 saturated heterocycles. The SMILES string of the molecule is C[C@@H]1CC2C[C@H](C)CC(c3ccc(-c4nc(-c5cccc(-c6cccc7c6ccc6ccc(C#N)cc67)c5)nc(-c5cccc6c5oc5ccccc56)n4)cc3)(C2)C1. The van der Waals surface area contributed by atoms with E-state index in [0.29, 0.717) is 23.0 Å². The Morgan fingerprint density at radius 2 is 1.22 bits per heavy atom. The first-order valence-electron chi connectivity index (χ1n) is 20.7. The number of benzene rings is 7. The lowest BCUT2D eigenvalue weighted by atomic mass is 9.54. The van der Waals surface area contributed by atoms with Crippen LogP contribution in [-0.2, 0) is 5.41 Å². The van der Waals surface area contributed by atoms with Gasteiger partial charge in [0, 0.05) is 21.9 Å². The van der Waals surface area contributed by atoms with E-state index in [9.17, 15) is 5.26 Å². The molecular formula is C53H42N4O. The number of rotatable bonds is 5. The number of hydrogen-bond acceptors (Lipinski definition) is 5. The number of hydrogen-bond donors (Lipinski definition) is 0. The Morgan fingerprint density at radius 1 is 0.552 bits per heavy atom. The standard InChI is InChI=1S/C53H42N4O/c1-32-24-35-25-33(2)29-53(28-32,30-35)40-21-18-37(19-22-40)50-55-51(57-52(56-50)46-14-7-13-45-44-10-3-4-15-48(44)58-49(45)46)39-9-5-8-38(27-39)41-11-6-12-42-43(41)23-20-36-17-16-34(31-54)26-47(36)42/h3-23,26-27,32-33,35H,24-25,28-30H2,1-2H3/t32-,33+,35?,53?. The zero-order valence-corrected chi connectivity index (χ0v) is 32.7. The molecule has 2 fully saturated rings. The smallest absolute Gasteiger partial charge is 0.167 e. The molecule has 2 bridgehead atoms. The lowest BCUT2D eigenvalue weighted by molar-refractivity contribution is 0.0780. The molecule has 58 heavy (non-hydrogen) atoms. The number of nitriles is 1. The summed E-state index contributed by atoms with van der Waals surface area (Å²) in [6.07, 6.45) is 6.55. The highest BCUT2D eigenvalue weighted by Gasteiger charge is 2.45. The number of para-hydroxylation sites is 2. The molecule has 0 N–H and O–H groups in total. The van der Waals surface area contributed by atoms with Crippen LogP contribution >= 0.6 is 0 Å². The highest BCUT2D eigenvalue weighted by atomic mass is 16.3. The largest absolute Gasteiger partial charge is 0.455 e. The molecular weight excluding hydrogens is 709 g/mol. The first-order valence-corrected chi connectivity index (χ1v) is 20.7. The molecule has 0 radical (unpaired) electrons. The lowest BCUT2D eigenvalue weighted by Crippen LogP contribution is -2.42. The van der Waals surface area contributed by atoms with Crippen molar-refractivity contribution >= 4 is 43.5 Å². The number of aromatic nitrogens is 3. The molecule has 9 aromatic rings. The molecule has 2 aliphatic carbocycles. The van der Waals surface area contributed by atoms with Gasteiger partial charge in [-0.2, -0.15) is 5.26 Å². The van der Waals surface area contributed by atoms with Gasteiger partial charge >= 0.3 is 0 Å². The Bertz CT molecular complexity index is 3100. The first-order chi connectivity index (χ1) is 28.4. The third-order valence-corrected chi connectivity index (χ3v) is 13.1. The van der Waals surface area contributed by atoms with E-state index in [2.05, 4.69) is 123 Å². The summed E-state index contributed by atoms with van der Waals surface area (Å²) in [4.78, 5) is 15.6. The monoisotopic (exact) mass is 750 g/mol. The van der Waals surface area contributed by atoms with E-state index in [4.69, 9.17) is 19.4 Å². The van der Waals surface area contributed by atoms with Gasteiger partial charge in [0.2, 0.25) is 0 Å². The average Bonchev–Trinajstić information content (AvgIpc) is 3.64. The normalized spacial score (nSPS) is 20.5.